The van der Waals surface area contributed by atoms with Gasteiger partial charge in [0.15, 0.2) is 0 Å². The standard InChI is InChI=1S/C22H29NO7/c1-4-11-28-21(26)19-17-14(9-10-24)7-6-8-15(17)18-16(20(25)23(18)19)13(3)30-22(27)29-12-5-2/h4-5,13-16,18,24H,1-2,6-12H2,3H3/t13-,14?,15-,16-,18-/m1/s1. The topological polar surface area (TPSA) is 102 Å². The van der Waals surface area contributed by atoms with Crippen molar-refractivity contribution in [1.82, 2.24) is 4.90 Å². The molecular weight excluding hydrogens is 390 g/mol. The SMILES string of the molecule is C=CCOC(=O)O[C@H](C)[C@H]1C(=O)N2C(C(=O)OCC=C)=C3C(CCO)CCC[C@H]3[C@H]12. The fraction of sp³-hybridized carbons (Fsp3) is 0.591. The third-order valence-corrected chi connectivity index (χ3v) is 6.13. The van der Waals surface area contributed by atoms with Gasteiger partial charge in [-0.2, -0.15) is 0 Å². The lowest BCUT2D eigenvalue weighted by molar-refractivity contribution is -0.165. The van der Waals surface area contributed by atoms with Crippen molar-refractivity contribution in [2.75, 3.05) is 19.8 Å². The molecule has 3 rings (SSSR count). The van der Waals surface area contributed by atoms with Crippen molar-refractivity contribution in [3.05, 3.63) is 36.6 Å². The van der Waals surface area contributed by atoms with Crippen LogP contribution in [0, 0.1) is 17.8 Å². The summed E-state index contributed by atoms with van der Waals surface area (Å²) in [6.45, 7) is 8.78. The summed E-state index contributed by atoms with van der Waals surface area (Å²) in [5, 5.41) is 9.50. The van der Waals surface area contributed by atoms with Crippen molar-refractivity contribution >= 4 is 18.0 Å². The maximum Gasteiger partial charge on any atom is 0.508 e. The molecule has 1 unspecified atom stereocenters. The highest BCUT2D eigenvalue weighted by Gasteiger charge is 2.63. The van der Waals surface area contributed by atoms with Gasteiger partial charge in [0.25, 0.3) is 0 Å². The summed E-state index contributed by atoms with van der Waals surface area (Å²) in [6, 6.07) is -0.262. The summed E-state index contributed by atoms with van der Waals surface area (Å²) in [4.78, 5) is 39.2. The minimum Gasteiger partial charge on any atom is -0.457 e. The Morgan fingerprint density at radius 2 is 1.93 bits per heavy atom. The Bertz CT molecular complexity index is 757. The molecule has 0 aromatic rings. The molecule has 3 aliphatic rings. The normalized spacial score (nSPS) is 28.1. The van der Waals surface area contributed by atoms with Crippen LogP contribution in [0.4, 0.5) is 4.79 Å². The molecule has 1 saturated heterocycles. The van der Waals surface area contributed by atoms with Gasteiger partial charge in [0.2, 0.25) is 5.91 Å². The Hall–Kier alpha value is -2.61. The number of ether oxygens (including phenoxy) is 3. The van der Waals surface area contributed by atoms with E-state index in [1.807, 2.05) is 0 Å². The Kier molecular flexibility index (Phi) is 6.97. The van der Waals surface area contributed by atoms with E-state index in [2.05, 4.69) is 13.2 Å². The molecule has 8 heteroatoms. The van der Waals surface area contributed by atoms with E-state index in [4.69, 9.17) is 14.2 Å². The molecule has 1 aliphatic carbocycles. The Morgan fingerprint density at radius 3 is 2.60 bits per heavy atom. The summed E-state index contributed by atoms with van der Waals surface area (Å²) in [5.74, 6) is -1.36. The largest absolute Gasteiger partial charge is 0.508 e. The fourth-order valence-electron chi connectivity index (χ4n) is 5.02. The predicted octanol–water partition coefficient (Wildman–Crippen LogP) is 2.34. The molecule has 0 spiro atoms. The second-order valence-electron chi connectivity index (χ2n) is 7.83. The van der Waals surface area contributed by atoms with Crippen LogP contribution in [0.5, 0.6) is 0 Å². The number of hydrogen-bond acceptors (Lipinski definition) is 7. The number of aliphatic hydroxyl groups is 1. The molecule has 2 heterocycles. The van der Waals surface area contributed by atoms with E-state index >= 15 is 0 Å². The first-order valence-corrected chi connectivity index (χ1v) is 10.4. The highest BCUT2D eigenvalue weighted by atomic mass is 16.7. The second kappa shape index (κ2) is 9.47. The second-order valence-corrected chi connectivity index (χ2v) is 7.83. The predicted molar refractivity (Wildman–Crippen MR) is 107 cm³/mol. The highest BCUT2D eigenvalue weighted by molar-refractivity contribution is 6.01. The number of esters is 1. The van der Waals surface area contributed by atoms with Gasteiger partial charge in [0.05, 0.1) is 12.0 Å². The molecule has 1 saturated carbocycles. The van der Waals surface area contributed by atoms with Crippen molar-refractivity contribution in [2.24, 2.45) is 17.8 Å². The monoisotopic (exact) mass is 419 g/mol. The molecule has 0 aromatic carbocycles. The third-order valence-electron chi connectivity index (χ3n) is 6.13. The van der Waals surface area contributed by atoms with Crippen LogP contribution in [0.15, 0.2) is 36.6 Å². The van der Waals surface area contributed by atoms with Crippen molar-refractivity contribution in [2.45, 2.75) is 44.8 Å². The first-order chi connectivity index (χ1) is 14.5. The van der Waals surface area contributed by atoms with Crippen LogP contribution < -0.4 is 0 Å². The van der Waals surface area contributed by atoms with Gasteiger partial charge in [0.1, 0.15) is 25.0 Å². The Balaban J connectivity index is 1.85. The number of hydrogen-bond donors (Lipinski definition) is 1. The van der Waals surface area contributed by atoms with Crippen LogP contribution in [0.3, 0.4) is 0 Å². The van der Waals surface area contributed by atoms with Crippen LogP contribution in [0.1, 0.15) is 32.6 Å². The minimum atomic E-state index is -0.854. The van der Waals surface area contributed by atoms with Gasteiger partial charge in [-0.05, 0) is 37.7 Å². The van der Waals surface area contributed by atoms with E-state index in [1.54, 1.807) is 6.92 Å². The summed E-state index contributed by atoms with van der Waals surface area (Å²) >= 11 is 0. The number of rotatable bonds is 9. The number of aliphatic hydroxyl groups excluding tert-OH is 1. The van der Waals surface area contributed by atoms with E-state index in [-0.39, 0.29) is 43.6 Å². The molecule has 8 nitrogen and oxygen atoms in total. The van der Waals surface area contributed by atoms with Gasteiger partial charge in [-0.15, -0.1) is 0 Å². The van der Waals surface area contributed by atoms with Gasteiger partial charge in [-0.3, -0.25) is 4.79 Å². The molecule has 164 valence electrons. The van der Waals surface area contributed by atoms with E-state index in [9.17, 15) is 19.5 Å². The van der Waals surface area contributed by atoms with Gasteiger partial charge in [0, 0.05) is 12.5 Å². The van der Waals surface area contributed by atoms with Gasteiger partial charge in [-0.1, -0.05) is 31.7 Å². The first kappa shape index (κ1) is 22.1. The Morgan fingerprint density at radius 1 is 1.23 bits per heavy atom. The molecule has 2 aliphatic heterocycles. The smallest absolute Gasteiger partial charge is 0.457 e. The van der Waals surface area contributed by atoms with E-state index in [0.29, 0.717) is 12.1 Å². The first-order valence-electron chi connectivity index (χ1n) is 10.4. The zero-order valence-electron chi connectivity index (χ0n) is 17.2. The zero-order chi connectivity index (χ0) is 21.8. The van der Waals surface area contributed by atoms with Crippen molar-refractivity contribution in [3.63, 3.8) is 0 Å². The number of amides is 1. The number of carbonyl (C=O) groups is 3. The molecule has 1 N–H and O–H groups in total. The summed E-state index contributed by atoms with van der Waals surface area (Å²) in [5.41, 5.74) is 1.19. The van der Waals surface area contributed by atoms with E-state index < -0.39 is 24.1 Å². The number of carbonyl (C=O) groups excluding carboxylic acids is 3. The minimum absolute atomic E-state index is 0.00652. The average Bonchev–Trinajstić information content (AvgIpc) is 3.02. The average molecular weight is 419 g/mol. The van der Waals surface area contributed by atoms with Gasteiger partial charge in [-0.25, -0.2) is 9.59 Å². The molecule has 1 amide bonds. The lowest BCUT2D eigenvalue weighted by Crippen LogP contribution is -2.64. The lowest BCUT2D eigenvalue weighted by atomic mass is 9.69. The number of β-lactam (4-membered cyclic amide) rings is 1. The van der Waals surface area contributed by atoms with Crippen LogP contribution in [0.25, 0.3) is 0 Å². The van der Waals surface area contributed by atoms with E-state index in [1.165, 1.54) is 17.1 Å². The quantitative estimate of drug-likeness (QED) is 0.348. The molecule has 30 heavy (non-hydrogen) atoms. The third kappa shape index (κ3) is 3.88. The summed E-state index contributed by atoms with van der Waals surface area (Å²) in [6.07, 6.45) is 4.51. The van der Waals surface area contributed by atoms with Crippen LogP contribution in [-0.4, -0.2) is 60.0 Å². The van der Waals surface area contributed by atoms with Crippen molar-refractivity contribution in [3.8, 4) is 0 Å². The maximum atomic E-state index is 13.0. The maximum absolute atomic E-state index is 13.0. The fourth-order valence-corrected chi connectivity index (χ4v) is 5.02. The molecule has 0 aromatic heterocycles. The lowest BCUT2D eigenvalue weighted by Gasteiger charge is -2.48. The number of fused-ring (bicyclic) bond motifs is 3. The van der Waals surface area contributed by atoms with Crippen molar-refractivity contribution in [1.29, 1.82) is 0 Å². The summed E-state index contributed by atoms with van der Waals surface area (Å²) in [7, 11) is 0. The number of nitrogens with zero attached hydrogens (tertiary/aromatic N) is 1. The van der Waals surface area contributed by atoms with E-state index in [0.717, 1.165) is 24.8 Å². The summed E-state index contributed by atoms with van der Waals surface area (Å²) < 4.78 is 15.4. The molecule has 5 atom stereocenters. The molecule has 0 bridgehead atoms. The Labute approximate surface area is 176 Å². The van der Waals surface area contributed by atoms with Crippen LogP contribution in [-0.2, 0) is 23.8 Å². The van der Waals surface area contributed by atoms with Gasteiger partial charge < -0.3 is 24.2 Å². The van der Waals surface area contributed by atoms with Crippen LogP contribution >= 0.6 is 0 Å². The van der Waals surface area contributed by atoms with Gasteiger partial charge >= 0.3 is 12.1 Å². The molecule has 2 fully saturated rings. The van der Waals surface area contributed by atoms with Crippen molar-refractivity contribution < 1.29 is 33.7 Å². The van der Waals surface area contributed by atoms with Crippen LogP contribution in [0.2, 0.25) is 0 Å². The zero-order valence-corrected chi connectivity index (χ0v) is 17.2. The molecule has 0 radical (unpaired) electrons. The molecular formula is C22H29NO7. The highest BCUT2D eigenvalue weighted by Crippen LogP contribution is 2.54.